The Labute approximate surface area is 181 Å². The second-order valence-electron chi connectivity index (χ2n) is 6.81. The van der Waals surface area contributed by atoms with Crippen molar-refractivity contribution in [2.24, 2.45) is 0 Å². The Bertz CT molecular complexity index is 1350. The normalized spacial score (nSPS) is 11.8. The maximum absolute atomic E-state index is 13.7. The number of fused-ring (bicyclic) bond motifs is 1. The monoisotopic (exact) mass is 431 g/mol. The predicted molar refractivity (Wildman–Crippen MR) is 122 cm³/mol. The third kappa shape index (κ3) is 3.90. The van der Waals surface area contributed by atoms with E-state index in [4.69, 9.17) is 4.74 Å². The van der Waals surface area contributed by atoms with E-state index >= 15 is 0 Å². The number of ether oxygens (including phenoxy) is 1. The van der Waals surface area contributed by atoms with E-state index in [9.17, 15) is 13.2 Å². The molecule has 4 aromatic rings. The molecular weight excluding hydrogens is 410 g/mol. The molecule has 0 bridgehead atoms. The molecular formula is C25H21NO4S. The first-order valence-electron chi connectivity index (χ1n) is 9.88. The highest BCUT2D eigenvalue weighted by Crippen LogP contribution is 2.37. The van der Waals surface area contributed by atoms with Gasteiger partial charge in [0.25, 0.3) is 10.0 Å². The topological polar surface area (TPSA) is 65.4 Å². The fourth-order valence-corrected chi connectivity index (χ4v) is 5.14. The molecule has 3 aromatic carbocycles. The van der Waals surface area contributed by atoms with Crippen molar-refractivity contribution in [3.05, 3.63) is 96.6 Å². The summed E-state index contributed by atoms with van der Waals surface area (Å²) in [5, 5.41) is 0.724. The van der Waals surface area contributed by atoms with E-state index in [1.54, 1.807) is 55.5 Å². The van der Waals surface area contributed by atoms with Gasteiger partial charge in [0.2, 0.25) is 0 Å². The van der Waals surface area contributed by atoms with E-state index in [0.29, 0.717) is 16.8 Å². The van der Waals surface area contributed by atoms with Crippen LogP contribution in [0.2, 0.25) is 0 Å². The molecule has 0 atom stereocenters. The number of hydrogen-bond acceptors (Lipinski definition) is 4. The van der Waals surface area contributed by atoms with Crippen molar-refractivity contribution < 1.29 is 17.9 Å². The van der Waals surface area contributed by atoms with Crippen LogP contribution < -0.4 is 0 Å². The maximum Gasteiger partial charge on any atom is 0.330 e. The van der Waals surface area contributed by atoms with Crippen LogP contribution in [-0.2, 0) is 19.6 Å². The van der Waals surface area contributed by atoms with Gasteiger partial charge in [-0.15, -0.1) is 0 Å². The fourth-order valence-electron chi connectivity index (χ4n) is 3.56. The van der Waals surface area contributed by atoms with Crippen LogP contribution in [0, 0.1) is 0 Å². The molecule has 0 aliphatic heterocycles. The molecule has 4 rings (SSSR count). The van der Waals surface area contributed by atoms with Crippen molar-refractivity contribution >= 4 is 33.0 Å². The molecule has 31 heavy (non-hydrogen) atoms. The lowest BCUT2D eigenvalue weighted by molar-refractivity contribution is -0.137. The molecule has 0 radical (unpaired) electrons. The summed E-state index contributed by atoms with van der Waals surface area (Å²) >= 11 is 0. The molecule has 0 fully saturated rings. The molecule has 0 unspecified atom stereocenters. The predicted octanol–water partition coefficient (Wildman–Crippen LogP) is 5.12. The number of benzene rings is 3. The lowest BCUT2D eigenvalue weighted by atomic mass is 10.0. The molecule has 0 saturated heterocycles. The third-order valence-corrected chi connectivity index (χ3v) is 6.60. The lowest BCUT2D eigenvalue weighted by Gasteiger charge is -2.13. The third-order valence-electron chi connectivity index (χ3n) is 4.87. The number of esters is 1. The summed E-state index contributed by atoms with van der Waals surface area (Å²) in [5.41, 5.74) is 2.39. The molecule has 1 aromatic heterocycles. The number of carbonyl (C=O) groups excluding carboxylic acids is 1. The van der Waals surface area contributed by atoms with Crippen molar-refractivity contribution in [3.63, 3.8) is 0 Å². The SMILES string of the molecule is CCOC(=O)/C=C/c1c(-c2ccccc2)n(S(=O)(=O)c2ccccc2)c2ccccc12. The zero-order chi connectivity index (χ0) is 21.8. The van der Waals surface area contributed by atoms with E-state index in [2.05, 4.69) is 0 Å². The Morgan fingerprint density at radius 3 is 2.19 bits per heavy atom. The summed E-state index contributed by atoms with van der Waals surface area (Å²) in [6.07, 6.45) is 2.96. The van der Waals surface area contributed by atoms with Gasteiger partial charge >= 0.3 is 5.97 Å². The number of carbonyl (C=O) groups is 1. The van der Waals surface area contributed by atoms with Gasteiger partial charge in [-0.2, -0.15) is 0 Å². The first-order valence-corrected chi connectivity index (χ1v) is 11.3. The van der Waals surface area contributed by atoms with E-state index in [1.165, 1.54) is 10.0 Å². The summed E-state index contributed by atoms with van der Waals surface area (Å²) in [5.74, 6) is -0.482. The average molecular weight is 432 g/mol. The molecule has 1 heterocycles. The van der Waals surface area contributed by atoms with Crippen molar-refractivity contribution in [2.45, 2.75) is 11.8 Å². The number of aromatic nitrogens is 1. The van der Waals surface area contributed by atoms with Gasteiger partial charge in [-0.05, 0) is 36.8 Å². The van der Waals surface area contributed by atoms with Gasteiger partial charge in [0.1, 0.15) is 0 Å². The van der Waals surface area contributed by atoms with Crippen molar-refractivity contribution in [2.75, 3.05) is 6.61 Å². The minimum absolute atomic E-state index is 0.189. The average Bonchev–Trinajstić information content (AvgIpc) is 3.14. The van der Waals surface area contributed by atoms with Crippen LogP contribution in [0.1, 0.15) is 12.5 Å². The Morgan fingerprint density at radius 1 is 0.903 bits per heavy atom. The van der Waals surface area contributed by atoms with Crippen LogP contribution in [0.25, 0.3) is 28.2 Å². The zero-order valence-corrected chi connectivity index (χ0v) is 17.7. The highest BCUT2D eigenvalue weighted by atomic mass is 32.2. The molecule has 0 amide bonds. The van der Waals surface area contributed by atoms with Gasteiger partial charge < -0.3 is 4.74 Å². The number of hydrogen-bond donors (Lipinski definition) is 0. The lowest BCUT2D eigenvalue weighted by Crippen LogP contribution is -2.14. The highest BCUT2D eigenvalue weighted by molar-refractivity contribution is 7.90. The number of nitrogens with zero attached hydrogens (tertiary/aromatic N) is 1. The molecule has 5 nitrogen and oxygen atoms in total. The van der Waals surface area contributed by atoms with E-state index in [0.717, 1.165) is 10.9 Å². The summed E-state index contributed by atoms with van der Waals surface area (Å²) in [6.45, 7) is 2.00. The molecule has 0 saturated carbocycles. The largest absolute Gasteiger partial charge is 0.463 e. The maximum atomic E-state index is 13.7. The minimum atomic E-state index is -3.91. The summed E-state index contributed by atoms with van der Waals surface area (Å²) in [7, 11) is -3.91. The highest BCUT2D eigenvalue weighted by Gasteiger charge is 2.26. The molecule has 6 heteroatoms. The first kappa shape index (κ1) is 20.6. The van der Waals surface area contributed by atoms with E-state index in [-0.39, 0.29) is 11.5 Å². The smallest absolute Gasteiger partial charge is 0.330 e. The van der Waals surface area contributed by atoms with Gasteiger partial charge in [0, 0.05) is 17.0 Å². The van der Waals surface area contributed by atoms with Crippen LogP contribution in [0.15, 0.2) is 95.9 Å². The molecule has 0 aliphatic rings. The molecule has 0 spiro atoms. The summed E-state index contributed by atoms with van der Waals surface area (Å²) in [6, 6.07) is 24.9. The quantitative estimate of drug-likeness (QED) is 0.314. The number of rotatable bonds is 6. The van der Waals surface area contributed by atoms with Crippen LogP contribution >= 0.6 is 0 Å². The second-order valence-corrected chi connectivity index (χ2v) is 8.60. The van der Waals surface area contributed by atoms with Crippen molar-refractivity contribution in [1.82, 2.24) is 3.97 Å². The minimum Gasteiger partial charge on any atom is -0.463 e. The van der Waals surface area contributed by atoms with Crippen LogP contribution in [0.4, 0.5) is 0 Å². The Morgan fingerprint density at radius 2 is 1.52 bits per heavy atom. The fraction of sp³-hybridized carbons (Fsp3) is 0.0800. The van der Waals surface area contributed by atoms with Crippen LogP contribution in [0.5, 0.6) is 0 Å². The van der Waals surface area contributed by atoms with Gasteiger partial charge in [-0.3, -0.25) is 0 Å². The molecule has 156 valence electrons. The number of para-hydroxylation sites is 1. The molecule has 0 N–H and O–H groups in total. The first-order chi connectivity index (χ1) is 15.0. The second kappa shape index (κ2) is 8.62. The Hall–Kier alpha value is -3.64. The van der Waals surface area contributed by atoms with Crippen LogP contribution in [0.3, 0.4) is 0 Å². The van der Waals surface area contributed by atoms with Gasteiger partial charge in [0.05, 0.1) is 22.7 Å². The Balaban J connectivity index is 2.08. The van der Waals surface area contributed by atoms with E-state index < -0.39 is 16.0 Å². The van der Waals surface area contributed by atoms with Gasteiger partial charge in [0.15, 0.2) is 0 Å². The summed E-state index contributed by atoms with van der Waals surface area (Å²) < 4.78 is 33.9. The Kier molecular flexibility index (Phi) is 5.73. The van der Waals surface area contributed by atoms with Gasteiger partial charge in [-0.25, -0.2) is 17.2 Å². The standard InChI is InChI=1S/C25H21NO4S/c1-2-30-24(27)18-17-22-21-15-9-10-16-23(21)26(25(22)19-11-5-3-6-12-19)31(28,29)20-13-7-4-8-14-20/h3-18H,2H2,1H3/b18-17+. The van der Waals surface area contributed by atoms with Crippen molar-refractivity contribution in [3.8, 4) is 11.3 Å². The molecule has 0 aliphatic carbocycles. The van der Waals surface area contributed by atoms with Crippen LogP contribution in [-0.4, -0.2) is 25.0 Å². The van der Waals surface area contributed by atoms with Gasteiger partial charge in [-0.1, -0.05) is 66.7 Å². The van der Waals surface area contributed by atoms with Crippen molar-refractivity contribution in [1.29, 1.82) is 0 Å². The summed E-state index contributed by atoms with van der Waals surface area (Å²) in [4.78, 5) is 12.2. The zero-order valence-electron chi connectivity index (χ0n) is 16.9. The van der Waals surface area contributed by atoms with E-state index in [1.807, 2.05) is 42.5 Å².